The number of phosphoric ester groups is 2. The number of esters is 4. The number of carbonyl (C=O) groups excluding carboxylic acids is 4. The minimum Gasteiger partial charge on any atom is -0.462 e. The third-order valence-corrected chi connectivity index (χ3v) is 21.4. The van der Waals surface area contributed by atoms with Crippen molar-refractivity contribution in [2.45, 2.75) is 464 Å². The summed E-state index contributed by atoms with van der Waals surface area (Å²) in [6, 6.07) is 0. The highest BCUT2D eigenvalue weighted by Crippen LogP contribution is 2.45. The van der Waals surface area contributed by atoms with Crippen LogP contribution in [0.2, 0.25) is 0 Å². The second-order valence-corrected chi connectivity index (χ2v) is 33.3. The van der Waals surface area contributed by atoms with E-state index in [0.29, 0.717) is 25.7 Å². The van der Waals surface area contributed by atoms with E-state index in [1.807, 2.05) is 0 Å². The Morgan fingerprint density at radius 1 is 0.265 bits per heavy atom. The summed E-state index contributed by atoms with van der Waals surface area (Å²) >= 11 is 0. The van der Waals surface area contributed by atoms with E-state index in [4.69, 9.17) is 37.0 Å². The SMILES string of the molecule is CCCCCCCCCCCCCCCCCCCCC(=O)OC[C@H](COP(=O)(O)OC[C@@H](O)COP(=O)(O)OC[C@@H](COC(=O)CCCCCCCCCCCCC)OC(=O)CCCCCCCCCCCCCCCC)OC(=O)CCCCCCCCCCCCCCCCCCC(C)C. The van der Waals surface area contributed by atoms with Crippen molar-refractivity contribution in [3.8, 4) is 0 Å². The second-order valence-electron chi connectivity index (χ2n) is 30.3. The van der Waals surface area contributed by atoms with Gasteiger partial charge in [0, 0.05) is 25.7 Å². The molecule has 0 bridgehead atoms. The van der Waals surface area contributed by atoms with Crippen LogP contribution < -0.4 is 0 Å². The van der Waals surface area contributed by atoms with E-state index < -0.39 is 97.5 Å². The first-order chi connectivity index (χ1) is 49.5. The molecule has 102 heavy (non-hydrogen) atoms. The topological polar surface area (TPSA) is 237 Å². The first-order valence-electron chi connectivity index (χ1n) is 43.1. The van der Waals surface area contributed by atoms with Crippen LogP contribution in [0.3, 0.4) is 0 Å². The van der Waals surface area contributed by atoms with Crippen LogP contribution in [0.1, 0.15) is 446 Å². The van der Waals surface area contributed by atoms with E-state index >= 15 is 0 Å². The summed E-state index contributed by atoms with van der Waals surface area (Å²) in [6.07, 6.45) is 67.9. The largest absolute Gasteiger partial charge is 0.472 e. The van der Waals surface area contributed by atoms with E-state index in [-0.39, 0.29) is 25.7 Å². The number of phosphoric acid groups is 2. The van der Waals surface area contributed by atoms with E-state index in [1.165, 1.54) is 270 Å². The molecule has 0 heterocycles. The quantitative estimate of drug-likeness (QED) is 0.0222. The van der Waals surface area contributed by atoms with Crippen LogP contribution in [0.5, 0.6) is 0 Å². The zero-order valence-corrected chi connectivity index (χ0v) is 68.5. The third kappa shape index (κ3) is 76.3. The molecule has 0 rings (SSSR count). The van der Waals surface area contributed by atoms with Crippen molar-refractivity contribution in [2.24, 2.45) is 5.92 Å². The predicted molar refractivity (Wildman–Crippen MR) is 418 cm³/mol. The first kappa shape index (κ1) is 100. The molecule has 0 fully saturated rings. The van der Waals surface area contributed by atoms with Crippen LogP contribution >= 0.6 is 15.6 Å². The highest BCUT2D eigenvalue weighted by atomic mass is 31.2. The van der Waals surface area contributed by atoms with Gasteiger partial charge < -0.3 is 33.8 Å². The van der Waals surface area contributed by atoms with Gasteiger partial charge in [0.05, 0.1) is 26.4 Å². The minimum atomic E-state index is -4.96. The molecule has 0 saturated carbocycles. The standard InChI is InChI=1S/C83H162O17P2/c1-6-9-12-15-18-21-24-26-28-29-30-34-38-42-47-52-57-62-67-81(86)94-73-79(100-83(88)69-64-59-54-49-44-39-35-32-31-33-36-41-45-50-55-60-65-76(4)5)75-98-102(91,92)96-71-77(84)70-95-101(89,90)97-74-78(72-93-80(85)66-61-56-51-46-40-23-20-17-14-11-8-3)99-82(87)68-63-58-53-48-43-37-27-25-22-19-16-13-10-7-2/h76-79,84H,6-75H2,1-5H3,(H,89,90)(H,91,92)/t77-,78+,79+/m0/s1. The fourth-order valence-electron chi connectivity index (χ4n) is 12.9. The average Bonchev–Trinajstić information content (AvgIpc) is 0.992. The lowest BCUT2D eigenvalue weighted by molar-refractivity contribution is -0.161. The van der Waals surface area contributed by atoms with Gasteiger partial charge in [0.25, 0.3) is 0 Å². The Kier molecular flexibility index (Phi) is 74.4. The molecule has 0 aliphatic carbocycles. The van der Waals surface area contributed by atoms with Crippen LogP contribution in [-0.4, -0.2) is 96.7 Å². The lowest BCUT2D eigenvalue weighted by Crippen LogP contribution is -2.30. The summed E-state index contributed by atoms with van der Waals surface area (Å²) in [5, 5.41) is 10.7. The smallest absolute Gasteiger partial charge is 0.462 e. The molecule has 0 amide bonds. The molecule has 0 spiro atoms. The Bertz CT molecular complexity index is 1940. The van der Waals surface area contributed by atoms with Crippen molar-refractivity contribution in [1.82, 2.24) is 0 Å². The molecule has 19 heteroatoms. The number of ether oxygens (including phenoxy) is 4. The summed E-state index contributed by atoms with van der Waals surface area (Å²) in [7, 11) is -9.92. The molecule has 0 aromatic rings. The lowest BCUT2D eigenvalue weighted by Gasteiger charge is -2.21. The van der Waals surface area contributed by atoms with E-state index in [0.717, 1.165) is 95.8 Å². The van der Waals surface area contributed by atoms with Gasteiger partial charge in [-0.2, -0.15) is 0 Å². The van der Waals surface area contributed by atoms with Gasteiger partial charge in [0.2, 0.25) is 0 Å². The molecule has 0 aliphatic rings. The van der Waals surface area contributed by atoms with Crippen molar-refractivity contribution < 1.29 is 80.2 Å². The second kappa shape index (κ2) is 75.9. The number of carbonyl (C=O) groups is 4. The van der Waals surface area contributed by atoms with Crippen LogP contribution in [-0.2, 0) is 65.4 Å². The van der Waals surface area contributed by atoms with Crippen molar-refractivity contribution in [3.05, 3.63) is 0 Å². The molecule has 17 nitrogen and oxygen atoms in total. The number of unbranched alkanes of at least 4 members (excludes halogenated alkanes) is 55. The highest BCUT2D eigenvalue weighted by Gasteiger charge is 2.30. The van der Waals surface area contributed by atoms with E-state index in [9.17, 15) is 43.2 Å². The van der Waals surface area contributed by atoms with Crippen molar-refractivity contribution >= 4 is 39.5 Å². The fourth-order valence-corrected chi connectivity index (χ4v) is 14.5. The Morgan fingerprint density at radius 3 is 0.667 bits per heavy atom. The van der Waals surface area contributed by atoms with Crippen LogP contribution in [0.25, 0.3) is 0 Å². The summed E-state index contributed by atoms with van der Waals surface area (Å²) in [4.78, 5) is 73.1. The third-order valence-electron chi connectivity index (χ3n) is 19.5. The van der Waals surface area contributed by atoms with Gasteiger partial charge in [-0.15, -0.1) is 0 Å². The maximum absolute atomic E-state index is 13.1. The van der Waals surface area contributed by atoms with Gasteiger partial charge in [-0.25, -0.2) is 9.13 Å². The van der Waals surface area contributed by atoms with Gasteiger partial charge in [0.15, 0.2) is 12.2 Å². The van der Waals surface area contributed by atoms with Gasteiger partial charge in [0.1, 0.15) is 19.3 Å². The zero-order chi connectivity index (χ0) is 74.8. The molecule has 5 atom stereocenters. The highest BCUT2D eigenvalue weighted by molar-refractivity contribution is 7.47. The number of rotatable bonds is 83. The monoisotopic (exact) mass is 1490 g/mol. The van der Waals surface area contributed by atoms with Crippen molar-refractivity contribution in [2.75, 3.05) is 39.6 Å². The molecular weight excluding hydrogens is 1330 g/mol. The molecule has 2 unspecified atom stereocenters. The van der Waals surface area contributed by atoms with Gasteiger partial charge in [-0.1, -0.05) is 394 Å². The van der Waals surface area contributed by atoms with Crippen molar-refractivity contribution in [1.29, 1.82) is 0 Å². The normalized spacial score (nSPS) is 13.8. The average molecular weight is 1490 g/mol. The number of aliphatic hydroxyl groups excluding tert-OH is 1. The number of hydrogen-bond donors (Lipinski definition) is 3. The molecule has 0 aromatic carbocycles. The lowest BCUT2D eigenvalue weighted by atomic mass is 10.0. The Labute approximate surface area is 626 Å². The van der Waals surface area contributed by atoms with Gasteiger partial charge >= 0.3 is 39.5 Å². The maximum Gasteiger partial charge on any atom is 0.472 e. The van der Waals surface area contributed by atoms with Gasteiger partial charge in [-0.3, -0.25) is 37.3 Å². The Hall–Kier alpha value is -1.94. The minimum absolute atomic E-state index is 0.109. The molecule has 0 aliphatic heterocycles. The van der Waals surface area contributed by atoms with Crippen LogP contribution in [0, 0.1) is 5.92 Å². The summed E-state index contributed by atoms with van der Waals surface area (Å²) in [6.45, 7) is 7.38. The van der Waals surface area contributed by atoms with E-state index in [1.54, 1.807) is 0 Å². The molecule has 0 aromatic heterocycles. The molecule has 606 valence electrons. The molecule has 0 radical (unpaired) electrons. The number of hydrogen-bond acceptors (Lipinski definition) is 15. The Balaban J connectivity index is 5.24. The molecule has 3 N–H and O–H groups in total. The number of aliphatic hydroxyl groups is 1. The van der Waals surface area contributed by atoms with Crippen LogP contribution in [0.4, 0.5) is 0 Å². The molecule has 0 saturated heterocycles. The first-order valence-corrected chi connectivity index (χ1v) is 46.1. The van der Waals surface area contributed by atoms with E-state index in [2.05, 4.69) is 34.6 Å². The Morgan fingerprint density at radius 2 is 0.451 bits per heavy atom. The van der Waals surface area contributed by atoms with Crippen LogP contribution in [0.15, 0.2) is 0 Å². The summed E-state index contributed by atoms with van der Waals surface area (Å²) < 4.78 is 68.8. The summed E-state index contributed by atoms with van der Waals surface area (Å²) in [5.74, 6) is -1.29. The predicted octanol–water partition coefficient (Wildman–Crippen LogP) is 25.2. The fraction of sp³-hybridized carbons (Fsp3) is 0.952. The van der Waals surface area contributed by atoms with Gasteiger partial charge in [-0.05, 0) is 31.6 Å². The maximum atomic E-state index is 13.1. The molecular formula is C83H162O17P2. The summed E-state index contributed by atoms with van der Waals surface area (Å²) in [5.41, 5.74) is 0. The zero-order valence-electron chi connectivity index (χ0n) is 66.8. The van der Waals surface area contributed by atoms with Crippen molar-refractivity contribution in [3.63, 3.8) is 0 Å².